The van der Waals surface area contributed by atoms with Crippen LogP contribution < -0.4 is 5.32 Å². The minimum Gasteiger partial charge on any atom is -0.376 e. The molecule has 0 aliphatic carbocycles. The summed E-state index contributed by atoms with van der Waals surface area (Å²) < 4.78 is 10.8. The Bertz CT molecular complexity index is 850. The first-order valence-corrected chi connectivity index (χ1v) is 11.8. The maximum absolute atomic E-state index is 13.5. The lowest BCUT2D eigenvalue weighted by atomic mass is 9.74. The molecule has 0 aromatic carbocycles. The summed E-state index contributed by atoms with van der Waals surface area (Å²) in [6, 6.07) is -0.309. The van der Waals surface area contributed by atoms with E-state index in [-0.39, 0.29) is 36.3 Å². The number of amides is 4. The van der Waals surface area contributed by atoms with Crippen molar-refractivity contribution < 1.29 is 23.6 Å². The number of likely N-dealkylation sites (tertiary alicyclic amines) is 1. The molecule has 32 heavy (non-hydrogen) atoms. The van der Waals surface area contributed by atoms with E-state index in [1.807, 2.05) is 25.7 Å². The molecule has 3 aliphatic rings. The number of nitrogens with zero attached hydrogens (tertiary/aromatic N) is 3. The fourth-order valence-electron chi connectivity index (χ4n) is 5.49. The Labute approximate surface area is 188 Å². The molecule has 4 amide bonds. The molecule has 1 aromatic heterocycles. The molecular formula is C23H34N4O5. The second-order valence-corrected chi connectivity index (χ2v) is 9.34. The molecule has 4 rings (SSSR count). The summed E-state index contributed by atoms with van der Waals surface area (Å²) in [5, 5.41) is 7.00. The first-order valence-electron chi connectivity index (χ1n) is 11.8. The molecule has 9 heteroatoms. The molecule has 3 fully saturated rings. The fourth-order valence-corrected chi connectivity index (χ4v) is 5.49. The van der Waals surface area contributed by atoms with E-state index in [4.69, 9.17) is 9.26 Å². The van der Waals surface area contributed by atoms with E-state index < -0.39 is 5.54 Å². The van der Waals surface area contributed by atoms with E-state index in [1.165, 1.54) is 4.90 Å². The summed E-state index contributed by atoms with van der Waals surface area (Å²) in [5.74, 6) is 0.610. The number of urea groups is 1. The van der Waals surface area contributed by atoms with Crippen molar-refractivity contribution >= 4 is 17.8 Å². The van der Waals surface area contributed by atoms with Gasteiger partial charge in [-0.2, -0.15) is 0 Å². The van der Waals surface area contributed by atoms with Crippen molar-refractivity contribution in [3.8, 4) is 0 Å². The Hall–Kier alpha value is -2.42. The molecule has 0 radical (unpaired) electrons. The number of imide groups is 1. The predicted octanol–water partition coefficient (Wildman–Crippen LogP) is 2.34. The number of nitrogens with one attached hydrogen (secondary N) is 1. The van der Waals surface area contributed by atoms with Crippen molar-refractivity contribution in [2.75, 3.05) is 26.2 Å². The van der Waals surface area contributed by atoms with E-state index >= 15 is 0 Å². The molecule has 0 bridgehead atoms. The first-order chi connectivity index (χ1) is 15.4. The molecule has 9 nitrogen and oxygen atoms in total. The van der Waals surface area contributed by atoms with E-state index in [0.29, 0.717) is 51.3 Å². The van der Waals surface area contributed by atoms with Gasteiger partial charge in [0.15, 0.2) is 0 Å². The zero-order valence-corrected chi connectivity index (χ0v) is 19.3. The number of piperidine rings is 1. The highest BCUT2D eigenvalue weighted by Crippen LogP contribution is 2.37. The zero-order valence-electron chi connectivity index (χ0n) is 19.3. The highest BCUT2D eigenvalue weighted by atomic mass is 16.5. The number of rotatable bonds is 7. The normalized spacial score (nSPS) is 26.8. The number of carbonyl (C=O) groups excluding carboxylic acids is 3. The Balaban J connectivity index is 1.41. The molecule has 0 saturated carbocycles. The Morgan fingerprint density at radius 1 is 1.22 bits per heavy atom. The topological polar surface area (TPSA) is 105 Å². The monoisotopic (exact) mass is 446 g/mol. The van der Waals surface area contributed by atoms with Gasteiger partial charge >= 0.3 is 6.03 Å². The van der Waals surface area contributed by atoms with Crippen LogP contribution in [0.4, 0.5) is 4.79 Å². The van der Waals surface area contributed by atoms with Gasteiger partial charge in [0.2, 0.25) is 5.91 Å². The second kappa shape index (κ2) is 9.21. The Morgan fingerprint density at radius 3 is 2.56 bits per heavy atom. The van der Waals surface area contributed by atoms with Gasteiger partial charge in [-0.25, -0.2) is 4.79 Å². The number of aromatic nitrogens is 1. The van der Waals surface area contributed by atoms with Crippen LogP contribution in [-0.2, 0) is 20.7 Å². The maximum atomic E-state index is 13.5. The average molecular weight is 447 g/mol. The minimum absolute atomic E-state index is 0.0107. The van der Waals surface area contributed by atoms with Gasteiger partial charge in [0.05, 0.1) is 24.8 Å². The van der Waals surface area contributed by atoms with Gasteiger partial charge in [0.25, 0.3) is 5.91 Å². The van der Waals surface area contributed by atoms with Gasteiger partial charge in [-0.3, -0.25) is 14.5 Å². The molecule has 3 saturated heterocycles. The molecule has 3 aliphatic heterocycles. The maximum Gasteiger partial charge on any atom is 0.325 e. The summed E-state index contributed by atoms with van der Waals surface area (Å²) in [4.78, 5) is 42.4. The van der Waals surface area contributed by atoms with Crippen LogP contribution in [0.3, 0.4) is 0 Å². The third-order valence-electron chi connectivity index (χ3n) is 7.31. The van der Waals surface area contributed by atoms with Crippen LogP contribution in [0.25, 0.3) is 0 Å². The average Bonchev–Trinajstić information content (AvgIpc) is 3.47. The Kier molecular flexibility index (Phi) is 6.55. The number of aryl methyl sites for hydroxylation is 2. The summed E-state index contributed by atoms with van der Waals surface area (Å²) in [6.07, 6.45) is 4.84. The van der Waals surface area contributed by atoms with Gasteiger partial charge in [-0.15, -0.1) is 0 Å². The molecule has 176 valence electrons. The molecule has 0 spiro atoms. The standard InChI is InChI=1S/C23H34N4O5/c1-4-9-23(21(29)27(22(30)24-23)14-18-6-5-12-31-18)17-7-10-26(11-8-17)20(28)13-19-15(2)25-32-16(19)3/h17-18H,4-14H2,1-3H3,(H,24,30). The van der Waals surface area contributed by atoms with E-state index in [0.717, 1.165) is 30.5 Å². The van der Waals surface area contributed by atoms with Crippen LogP contribution in [0.5, 0.6) is 0 Å². The lowest BCUT2D eigenvalue weighted by molar-refractivity contribution is -0.136. The van der Waals surface area contributed by atoms with Crippen LogP contribution in [0.1, 0.15) is 62.5 Å². The first kappa shape index (κ1) is 22.8. The quantitative estimate of drug-likeness (QED) is 0.645. The van der Waals surface area contributed by atoms with Crippen LogP contribution in [0.2, 0.25) is 0 Å². The van der Waals surface area contributed by atoms with Crippen molar-refractivity contribution in [2.45, 2.75) is 77.4 Å². The van der Waals surface area contributed by atoms with Gasteiger partial charge in [-0.05, 0) is 51.9 Å². The number of hydrogen-bond donors (Lipinski definition) is 1. The molecule has 4 heterocycles. The van der Waals surface area contributed by atoms with Crippen molar-refractivity contribution in [1.82, 2.24) is 20.3 Å². The lowest BCUT2D eigenvalue weighted by Crippen LogP contribution is -2.56. The van der Waals surface area contributed by atoms with Crippen molar-refractivity contribution in [3.05, 3.63) is 17.0 Å². The summed E-state index contributed by atoms with van der Waals surface area (Å²) in [5.41, 5.74) is 0.724. The van der Waals surface area contributed by atoms with E-state index in [9.17, 15) is 14.4 Å². The smallest absolute Gasteiger partial charge is 0.325 e. The van der Waals surface area contributed by atoms with Crippen molar-refractivity contribution in [3.63, 3.8) is 0 Å². The lowest BCUT2D eigenvalue weighted by Gasteiger charge is -2.41. The second-order valence-electron chi connectivity index (χ2n) is 9.34. The molecule has 2 unspecified atom stereocenters. The summed E-state index contributed by atoms with van der Waals surface area (Å²) in [6.45, 7) is 7.86. The van der Waals surface area contributed by atoms with Gasteiger partial charge in [0.1, 0.15) is 11.3 Å². The third kappa shape index (κ3) is 4.14. The molecule has 2 atom stereocenters. The third-order valence-corrected chi connectivity index (χ3v) is 7.31. The summed E-state index contributed by atoms with van der Waals surface area (Å²) >= 11 is 0. The predicted molar refractivity (Wildman–Crippen MR) is 116 cm³/mol. The van der Waals surface area contributed by atoms with Crippen LogP contribution in [0, 0.1) is 19.8 Å². The van der Waals surface area contributed by atoms with Gasteiger partial charge < -0.3 is 19.5 Å². The highest BCUT2D eigenvalue weighted by molar-refractivity contribution is 6.07. The van der Waals surface area contributed by atoms with Crippen LogP contribution in [-0.4, -0.2) is 70.7 Å². The largest absolute Gasteiger partial charge is 0.376 e. The van der Waals surface area contributed by atoms with Crippen LogP contribution >= 0.6 is 0 Å². The zero-order chi connectivity index (χ0) is 22.9. The molecule has 1 N–H and O–H groups in total. The minimum atomic E-state index is -0.874. The molecular weight excluding hydrogens is 412 g/mol. The van der Waals surface area contributed by atoms with Crippen LogP contribution in [0.15, 0.2) is 4.52 Å². The number of ether oxygens (including phenoxy) is 1. The van der Waals surface area contributed by atoms with Crippen molar-refractivity contribution in [2.24, 2.45) is 5.92 Å². The summed E-state index contributed by atoms with van der Waals surface area (Å²) in [7, 11) is 0. The van der Waals surface area contributed by atoms with E-state index in [1.54, 1.807) is 0 Å². The van der Waals surface area contributed by atoms with E-state index in [2.05, 4.69) is 10.5 Å². The highest BCUT2D eigenvalue weighted by Gasteiger charge is 2.55. The van der Waals surface area contributed by atoms with Crippen molar-refractivity contribution in [1.29, 1.82) is 0 Å². The number of hydrogen-bond acceptors (Lipinski definition) is 6. The fraction of sp³-hybridized carbons (Fsp3) is 0.739. The SMILES string of the molecule is CCCC1(C2CCN(C(=O)Cc3c(C)noc3C)CC2)NC(=O)N(CC2CCCO2)C1=O. The molecule has 1 aromatic rings. The van der Waals surface area contributed by atoms with Gasteiger partial charge in [-0.1, -0.05) is 18.5 Å². The van der Waals surface area contributed by atoms with Gasteiger partial charge in [0, 0.05) is 25.3 Å². The Morgan fingerprint density at radius 2 is 1.97 bits per heavy atom. The number of carbonyl (C=O) groups is 3.